The molecular weight excluding hydrogens is 770 g/mol. The first kappa shape index (κ1) is 39.4. The van der Waals surface area contributed by atoms with Gasteiger partial charge in [-0.15, -0.1) is 11.3 Å². The van der Waals surface area contributed by atoms with Gasteiger partial charge in [0.1, 0.15) is 30.5 Å². The van der Waals surface area contributed by atoms with Gasteiger partial charge in [-0.1, -0.05) is 145 Å². The minimum Gasteiger partial charge on any atom is -0.374 e. The summed E-state index contributed by atoms with van der Waals surface area (Å²) in [7, 11) is 0. The molecule has 6 nitrogen and oxygen atoms in total. The van der Waals surface area contributed by atoms with E-state index in [9.17, 15) is 0 Å². The summed E-state index contributed by atoms with van der Waals surface area (Å²) >= 11 is 10.3. The number of hydrogen-bond acceptors (Lipinski definition) is 8. The summed E-state index contributed by atoms with van der Waals surface area (Å²) < 4.78 is 34.4. The molecule has 5 atom stereocenters. The number of rotatable bonds is 17. The van der Waals surface area contributed by atoms with Crippen LogP contribution in [-0.2, 0) is 56.5 Å². The average molecular weight is 814 g/mol. The Hall–Kier alpha value is -4.48. The van der Waals surface area contributed by atoms with E-state index in [-0.39, 0.29) is 6.61 Å². The Balaban J connectivity index is 1.15. The third kappa shape index (κ3) is 10.5. The van der Waals surface area contributed by atoms with Crippen LogP contribution in [0.1, 0.15) is 44.5 Å². The topological polar surface area (TPSA) is 59.0 Å². The lowest BCUT2D eigenvalue weighted by molar-refractivity contribution is -0.275. The Labute approximate surface area is 347 Å². The van der Waals surface area contributed by atoms with Crippen molar-refractivity contribution in [3.05, 3.63) is 206 Å². The largest absolute Gasteiger partial charge is 0.374 e. The molecule has 0 amide bonds. The molecule has 7 aromatic rings. The van der Waals surface area contributed by atoms with Crippen molar-refractivity contribution >= 4 is 34.3 Å². The van der Waals surface area contributed by atoms with Gasteiger partial charge in [-0.05, 0) is 56.3 Å². The summed E-state index contributed by atoms with van der Waals surface area (Å²) in [6.45, 7) is 1.83. The lowest BCUT2D eigenvalue weighted by Crippen LogP contribution is -2.58. The predicted molar refractivity (Wildman–Crippen MR) is 228 cm³/mol. The molecule has 2 aromatic heterocycles. The Morgan fingerprint density at radius 3 is 1.75 bits per heavy atom. The Kier molecular flexibility index (Phi) is 13.7. The van der Waals surface area contributed by atoms with E-state index in [1.165, 1.54) is 5.56 Å². The number of aromatic nitrogens is 1. The summed E-state index contributed by atoms with van der Waals surface area (Å²) in [6, 6.07) is 49.0. The zero-order valence-corrected chi connectivity index (χ0v) is 33.8. The lowest BCUT2D eigenvalue weighted by Gasteiger charge is -2.46. The molecule has 0 radical (unpaired) electrons. The van der Waals surface area contributed by atoms with Gasteiger partial charge in [-0.3, -0.25) is 0 Å². The van der Waals surface area contributed by atoms with Crippen molar-refractivity contribution in [3.63, 3.8) is 0 Å². The second kappa shape index (κ2) is 19.8. The van der Waals surface area contributed by atoms with Crippen LogP contribution in [0, 0.1) is 0 Å². The van der Waals surface area contributed by atoms with E-state index in [4.69, 9.17) is 40.3 Å². The minimum absolute atomic E-state index is 0.284. The van der Waals surface area contributed by atoms with Gasteiger partial charge in [0, 0.05) is 23.2 Å². The number of ether oxygens (including phenoxy) is 5. The van der Waals surface area contributed by atoms with Crippen LogP contribution >= 0.6 is 34.3 Å². The first-order valence-electron chi connectivity index (χ1n) is 19.2. The fraction of sp³-hybridized carbons (Fsp3) is 0.229. The molecule has 0 bridgehead atoms. The molecule has 290 valence electrons. The number of hydrogen-bond donors (Lipinski definition) is 0. The van der Waals surface area contributed by atoms with Gasteiger partial charge in [0.05, 0.1) is 42.9 Å². The van der Waals surface area contributed by atoms with E-state index in [2.05, 4.69) is 71.4 Å². The van der Waals surface area contributed by atoms with Gasteiger partial charge < -0.3 is 23.7 Å². The third-order valence-electron chi connectivity index (χ3n) is 9.98. The van der Waals surface area contributed by atoms with Crippen LogP contribution in [0.15, 0.2) is 163 Å². The molecule has 0 N–H and O–H groups in total. The fourth-order valence-electron chi connectivity index (χ4n) is 7.06. The zero-order valence-electron chi connectivity index (χ0n) is 31.4. The summed E-state index contributed by atoms with van der Waals surface area (Å²) in [5, 5.41) is 5.90. The maximum absolute atomic E-state index is 7.18. The predicted octanol–water partition coefficient (Wildman–Crippen LogP) is 11.5. The molecule has 1 aliphatic rings. The Bertz CT molecular complexity index is 2240. The Morgan fingerprint density at radius 2 is 1.18 bits per heavy atom. The highest BCUT2D eigenvalue weighted by atomic mass is 35.5. The molecule has 0 spiro atoms. The first-order chi connectivity index (χ1) is 28.2. The molecular formula is C48H44ClNO5S2. The van der Waals surface area contributed by atoms with Crippen LogP contribution in [0.5, 0.6) is 0 Å². The number of benzene rings is 5. The van der Waals surface area contributed by atoms with Gasteiger partial charge in [0.2, 0.25) is 0 Å². The highest BCUT2D eigenvalue weighted by Gasteiger charge is 2.49. The van der Waals surface area contributed by atoms with E-state index in [1.807, 2.05) is 91.1 Å². The summed E-state index contributed by atoms with van der Waals surface area (Å²) in [5.74, 6) is 0. The summed E-state index contributed by atoms with van der Waals surface area (Å²) in [6.07, 6.45) is -0.117. The van der Waals surface area contributed by atoms with Crippen molar-refractivity contribution < 1.29 is 23.7 Å². The Morgan fingerprint density at radius 1 is 0.614 bits per heavy atom. The summed E-state index contributed by atoms with van der Waals surface area (Å²) in [4.78, 5) is 5.92. The monoisotopic (exact) mass is 813 g/mol. The molecule has 0 saturated carbocycles. The van der Waals surface area contributed by atoms with Crippen molar-refractivity contribution in [2.45, 2.75) is 63.4 Å². The van der Waals surface area contributed by atoms with Crippen molar-refractivity contribution in [2.75, 3.05) is 6.61 Å². The molecule has 8 rings (SSSR count). The molecule has 5 aromatic carbocycles. The lowest BCUT2D eigenvalue weighted by atomic mass is 9.89. The number of thiazole rings is 1. The average Bonchev–Trinajstić information content (AvgIpc) is 3.97. The van der Waals surface area contributed by atoms with E-state index in [0.717, 1.165) is 43.3 Å². The van der Waals surface area contributed by atoms with Crippen molar-refractivity contribution in [3.8, 4) is 10.4 Å². The highest BCUT2D eigenvalue weighted by Crippen LogP contribution is 2.40. The van der Waals surface area contributed by atoms with Crippen molar-refractivity contribution in [2.24, 2.45) is 0 Å². The molecule has 1 fully saturated rings. The molecule has 1 saturated heterocycles. The molecule has 9 heteroatoms. The second-order valence-corrected chi connectivity index (χ2v) is 16.3. The van der Waals surface area contributed by atoms with Crippen LogP contribution in [-0.4, -0.2) is 36.0 Å². The second-order valence-electron chi connectivity index (χ2n) is 14.0. The molecule has 0 aliphatic carbocycles. The van der Waals surface area contributed by atoms with Gasteiger partial charge in [0.25, 0.3) is 0 Å². The first-order valence-corrected chi connectivity index (χ1v) is 21.3. The van der Waals surface area contributed by atoms with Crippen LogP contribution in [0.2, 0.25) is 5.02 Å². The summed E-state index contributed by atoms with van der Waals surface area (Å²) in [5.41, 5.74) is 7.33. The van der Waals surface area contributed by atoms with Crippen molar-refractivity contribution in [1.82, 2.24) is 4.98 Å². The highest BCUT2D eigenvalue weighted by molar-refractivity contribution is 7.15. The smallest absolute Gasteiger partial charge is 0.117 e. The van der Waals surface area contributed by atoms with E-state index in [1.54, 1.807) is 22.7 Å². The minimum atomic E-state index is -0.556. The number of nitrogens with zero attached hydrogens (tertiary/aromatic N) is 1. The maximum Gasteiger partial charge on any atom is 0.117 e. The normalized spacial score (nSPS) is 19.4. The van der Waals surface area contributed by atoms with Gasteiger partial charge in [-0.2, -0.15) is 11.3 Å². The fourth-order valence-corrected chi connectivity index (χ4v) is 8.91. The van der Waals surface area contributed by atoms with Crippen LogP contribution < -0.4 is 0 Å². The van der Waals surface area contributed by atoms with E-state index < -0.39 is 30.5 Å². The zero-order chi connectivity index (χ0) is 38.7. The maximum atomic E-state index is 7.18. The van der Waals surface area contributed by atoms with Crippen LogP contribution in [0.4, 0.5) is 0 Å². The molecule has 0 unspecified atom stereocenters. The number of thiophene rings is 1. The molecule has 57 heavy (non-hydrogen) atoms. The van der Waals surface area contributed by atoms with Gasteiger partial charge >= 0.3 is 0 Å². The van der Waals surface area contributed by atoms with E-state index >= 15 is 0 Å². The van der Waals surface area contributed by atoms with Crippen LogP contribution in [0.3, 0.4) is 0 Å². The van der Waals surface area contributed by atoms with Crippen LogP contribution in [0.25, 0.3) is 10.4 Å². The van der Waals surface area contributed by atoms with Gasteiger partial charge in [0.15, 0.2) is 0 Å². The number of halogens is 1. The molecule has 1 aliphatic heterocycles. The molecule has 3 heterocycles. The third-order valence-corrected chi connectivity index (χ3v) is 12.1. The quantitative estimate of drug-likeness (QED) is 0.0913. The van der Waals surface area contributed by atoms with E-state index in [0.29, 0.717) is 37.9 Å². The van der Waals surface area contributed by atoms with Crippen molar-refractivity contribution in [1.29, 1.82) is 0 Å². The SMILES string of the molecule is Clc1ccc([C@@H]2O[C@H](COCc3ccccc3)[C@@H](OCc3ccccc3)[C@H](OCc3ccccc3)[C@H]2OCc2ccccc2)cc1Cc1ncc(-c2ccsc2)s1. The van der Waals surface area contributed by atoms with Gasteiger partial charge in [-0.25, -0.2) is 4.98 Å². The standard InChI is InChI=1S/C48H44ClNO5S2/c49-41-22-21-38(25-40(41)26-44-50-27-43(57-44)39-23-24-56-33-39)45-47(53-30-36-17-9-3-10-18-36)48(54-31-37-19-11-4-12-20-37)46(52-29-35-15-7-2-8-16-35)42(55-45)32-51-28-34-13-5-1-6-14-34/h1-25,27,33,42,45-48H,26,28-32H2/t42-,45+,46-,47+,48+/m1/s1.